The maximum atomic E-state index is 13.5. The second-order valence-corrected chi connectivity index (χ2v) is 4.29. The van der Waals surface area contributed by atoms with Gasteiger partial charge in [0, 0.05) is 10.7 Å². The SMILES string of the molecule is Nc1ccc(NC(=O)c2ccc(Cl)cc2O)c(F)c1. The van der Waals surface area contributed by atoms with Crippen molar-refractivity contribution in [3.63, 3.8) is 0 Å². The van der Waals surface area contributed by atoms with E-state index in [1.165, 1.54) is 30.3 Å². The Kier molecular flexibility index (Phi) is 3.57. The lowest BCUT2D eigenvalue weighted by Crippen LogP contribution is -2.13. The highest BCUT2D eigenvalue weighted by Gasteiger charge is 2.13. The van der Waals surface area contributed by atoms with E-state index in [0.29, 0.717) is 5.02 Å². The number of nitrogens with one attached hydrogen (secondary N) is 1. The molecule has 2 rings (SSSR count). The Bertz CT molecular complexity index is 647. The van der Waals surface area contributed by atoms with E-state index in [0.717, 1.165) is 6.07 Å². The van der Waals surface area contributed by atoms with Crippen LogP contribution in [0.25, 0.3) is 0 Å². The summed E-state index contributed by atoms with van der Waals surface area (Å²) in [5.41, 5.74) is 5.64. The highest BCUT2D eigenvalue weighted by Crippen LogP contribution is 2.24. The number of carbonyl (C=O) groups is 1. The summed E-state index contributed by atoms with van der Waals surface area (Å²) in [7, 11) is 0. The van der Waals surface area contributed by atoms with E-state index in [-0.39, 0.29) is 22.7 Å². The molecule has 0 heterocycles. The second-order valence-electron chi connectivity index (χ2n) is 3.85. The molecule has 0 atom stereocenters. The number of anilines is 2. The molecular weight excluding hydrogens is 271 g/mol. The number of aromatic hydroxyl groups is 1. The van der Waals surface area contributed by atoms with E-state index >= 15 is 0 Å². The summed E-state index contributed by atoms with van der Waals surface area (Å²) in [5, 5.41) is 12.2. The van der Waals surface area contributed by atoms with Crippen molar-refractivity contribution in [2.45, 2.75) is 0 Å². The van der Waals surface area contributed by atoms with Crippen molar-refractivity contribution >= 4 is 28.9 Å². The van der Waals surface area contributed by atoms with Crippen molar-refractivity contribution < 1.29 is 14.3 Å². The van der Waals surface area contributed by atoms with Crippen LogP contribution in [0.4, 0.5) is 15.8 Å². The fourth-order valence-electron chi connectivity index (χ4n) is 1.52. The number of hydrogen-bond donors (Lipinski definition) is 3. The molecule has 0 saturated carbocycles. The molecule has 4 N–H and O–H groups in total. The van der Waals surface area contributed by atoms with Crippen molar-refractivity contribution in [2.24, 2.45) is 0 Å². The minimum Gasteiger partial charge on any atom is -0.507 e. The Morgan fingerprint density at radius 1 is 1.26 bits per heavy atom. The zero-order valence-electron chi connectivity index (χ0n) is 9.65. The van der Waals surface area contributed by atoms with Gasteiger partial charge in [-0.05, 0) is 36.4 Å². The first kappa shape index (κ1) is 13.2. The second kappa shape index (κ2) is 5.16. The maximum Gasteiger partial charge on any atom is 0.259 e. The number of phenols is 1. The van der Waals surface area contributed by atoms with Gasteiger partial charge >= 0.3 is 0 Å². The predicted octanol–water partition coefficient (Wildman–Crippen LogP) is 3.02. The number of carbonyl (C=O) groups excluding carboxylic acids is 1. The van der Waals surface area contributed by atoms with E-state index in [1.54, 1.807) is 0 Å². The zero-order valence-corrected chi connectivity index (χ0v) is 10.4. The van der Waals surface area contributed by atoms with Gasteiger partial charge in [0.25, 0.3) is 5.91 Å². The maximum absolute atomic E-state index is 13.5. The van der Waals surface area contributed by atoms with Crippen molar-refractivity contribution in [1.29, 1.82) is 0 Å². The number of rotatable bonds is 2. The number of phenolic OH excluding ortho intramolecular Hbond substituents is 1. The summed E-state index contributed by atoms with van der Waals surface area (Å²) in [4.78, 5) is 11.9. The normalized spacial score (nSPS) is 10.2. The molecule has 19 heavy (non-hydrogen) atoms. The van der Waals surface area contributed by atoms with Crippen LogP contribution in [0, 0.1) is 5.82 Å². The van der Waals surface area contributed by atoms with Gasteiger partial charge in [-0.1, -0.05) is 11.6 Å². The first-order valence-electron chi connectivity index (χ1n) is 5.32. The van der Waals surface area contributed by atoms with Crippen LogP contribution in [0.5, 0.6) is 5.75 Å². The monoisotopic (exact) mass is 280 g/mol. The lowest BCUT2D eigenvalue weighted by atomic mass is 10.2. The van der Waals surface area contributed by atoms with E-state index in [9.17, 15) is 14.3 Å². The van der Waals surface area contributed by atoms with Crippen LogP contribution in [0.1, 0.15) is 10.4 Å². The molecule has 0 bridgehead atoms. The Balaban J connectivity index is 2.25. The molecule has 0 radical (unpaired) electrons. The van der Waals surface area contributed by atoms with Crippen LogP contribution < -0.4 is 11.1 Å². The molecule has 2 aromatic rings. The Labute approximate surface area is 113 Å². The first-order chi connectivity index (χ1) is 8.97. The molecule has 0 saturated heterocycles. The quantitative estimate of drug-likeness (QED) is 0.740. The van der Waals surface area contributed by atoms with Gasteiger partial charge in [-0.2, -0.15) is 0 Å². The Morgan fingerprint density at radius 3 is 2.63 bits per heavy atom. The lowest BCUT2D eigenvalue weighted by Gasteiger charge is -2.08. The third kappa shape index (κ3) is 2.95. The van der Waals surface area contributed by atoms with E-state index in [2.05, 4.69) is 5.32 Å². The van der Waals surface area contributed by atoms with Crippen molar-refractivity contribution in [2.75, 3.05) is 11.1 Å². The van der Waals surface area contributed by atoms with Gasteiger partial charge in [0.05, 0.1) is 11.3 Å². The highest BCUT2D eigenvalue weighted by atomic mass is 35.5. The van der Waals surface area contributed by atoms with Crippen LogP contribution in [0.2, 0.25) is 5.02 Å². The number of nitrogens with two attached hydrogens (primary N) is 1. The standard InChI is InChI=1S/C13H10ClFN2O2/c14-7-1-3-9(12(18)5-7)13(19)17-11-4-2-8(16)6-10(11)15/h1-6,18H,16H2,(H,17,19). The van der Waals surface area contributed by atoms with E-state index in [1.807, 2.05) is 0 Å². The van der Waals surface area contributed by atoms with Crippen molar-refractivity contribution in [3.8, 4) is 5.75 Å². The summed E-state index contributed by atoms with van der Waals surface area (Å²) < 4.78 is 13.5. The van der Waals surface area contributed by atoms with Crippen LogP contribution in [0.3, 0.4) is 0 Å². The van der Waals surface area contributed by atoms with Crippen LogP contribution in [-0.4, -0.2) is 11.0 Å². The molecule has 0 spiro atoms. The fourth-order valence-corrected chi connectivity index (χ4v) is 1.69. The summed E-state index contributed by atoms with van der Waals surface area (Å²) >= 11 is 5.66. The number of benzene rings is 2. The number of hydrogen-bond acceptors (Lipinski definition) is 3. The van der Waals surface area contributed by atoms with Gasteiger partial charge in [-0.3, -0.25) is 4.79 Å². The van der Waals surface area contributed by atoms with Gasteiger partial charge in [-0.15, -0.1) is 0 Å². The summed E-state index contributed by atoms with van der Waals surface area (Å²) in [6, 6.07) is 7.93. The molecule has 98 valence electrons. The van der Waals surface area contributed by atoms with Gasteiger partial charge < -0.3 is 16.2 Å². The molecule has 4 nitrogen and oxygen atoms in total. The third-order valence-corrected chi connectivity index (χ3v) is 2.68. The topological polar surface area (TPSA) is 75.3 Å². The molecule has 2 aromatic carbocycles. The van der Waals surface area contributed by atoms with E-state index in [4.69, 9.17) is 17.3 Å². The molecule has 0 aromatic heterocycles. The van der Waals surface area contributed by atoms with Crippen LogP contribution >= 0.6 is 11.6 Å². The average molecular weight is 281 g/mol. The smallest absolute Gasteiger partial charge is 0.259 e. The van der Waals surface area contributed by atoms with Crippen LogP contribution in [0.15, 0.2) is 36.4 Å². The fraction of sp³-hybridized carbons (Fsp3) is 0. The first-order valence-corrected chi connectivity index (χ1v) is 5.70. The number of halogens is 2. The largest absolute Gasteiger partial charge is 0.507 e. The van der Waals surface area contributed by atoms with Gasteiger partial charge in [0.1, 0.15) is 11.6 Å². The molecule has 6 heteroatoms. The molecular formula is C13H10ClFN2O2. The Hall–Kier alpha value is -2.27. The molecule has 0 unspecified atom stereocenters. The van der Waals surface area contributed by atoms with Crippen LogP contribution in [-0.2, 0) is 0 Å². The summed E-state index contributed by atoms with van der Waals surface area (Å²) in [6.45, 7) is 0. The predicted molar refractivity (Wildman–Crippen MR) is 71.9 cm³/mol. The van der Waals surface area contributed by atoms with Gasteiger partial charge in [0.2, 0.25) is 0 Å². The molecule has 1 amide bonds. The molecule has 0 fully saturated rings. The number of nitrogen functional groups attached to an aromatic ring is 1. The minimum atomic E-state index is -0.651. The molecule has 0 aliphatic heterocycles. The molecule has 0 aliphatic rings. The minimum absolute atomic E-state index is 0.000579. The summed E-state index contributed by atoms with van der Waals surface area (Å²) in [6.07, 6.45) is 0. The van der Waals surface area contributed by atoms with E-state index < -0.39 is 11.7 Å². The average Bonchev–Trinajstić information content (AvgIpc) is 2.32. The van der Waals surface area contributed by atoms with Crippen molar-refractivity contribution in [3.05, 3.63) is 52.8 Å². The zero-order chi connectivity index (χ0) is 14.0. The van der Waals surface area contributed by atoms with Crippen molar-refractivity contribution in [1.82, 2.24) is 0 Å². The Morgan fingerprint density at radius 2 is 2.00 bits per heavy atom. The van der Waals surface area contributed by atoms with Gasteiger partial charge in [0.15, 0.2) is 0 Å². The summed E-state index contributed by atoms with van der Waals surface area (Å²) in [5.74, 6) is -1.57. The van der Waals surface area contributed by atoms with Gasteiger partial charge in [-0.25, -0.2) is 4.39 Å². The molecule has 0 aliphatic carbocycles. The number of amides is 1. The third-order valence-electron chi connectivity index (χ3n) is 2.45. The highest BCUT2D eigenvalue weighted by molar-refractivity contribution is 6.31. The lowest BCUT2D eigenvalue weighted by molar-refractivity contribution is 0.102.